The van der Waals surface area contributed by atoms with E-state index in [2.05, 4.69) is 104 Å². The van der Waals surface area contributed by atoms with Crippen LogP contribution in [0.3, 0.4) is 0 Å². The maximum absolute atomic E-state index is 14.3. The molecule has 0 aromatic heterocycles. The SMILES string of the molecule is C=C1CC(C)(c2ccc(N)cc2)c2ccc(N3C(=O)c4ccc([PH](c5ccccc5)(c5ccccc5)c5ccccc5)cc4C3=O)cc21. The Morgan fingerprint density at radius 3 is 1.71 bits per heavy atom. The van der Waals surface area contributed by atoms with Gasteiger partial charge in [-0.15, -0.1) is 0 Å². The molecule has 2 N–H and O–H groups in total. The number of anilines is 2. The summed E-state index contributed by atoms with van der Waals surface area (Å²) >= 11 is 0. The molecule has 0 spiro atoms. The summed E-state index contributed by atoms with van der Waals surface area (Å²) in [5.41, 5.74) is 12.1. The van der Waals surface area contributed by atoms with Crippen molar-refractivity contribution in [3.05, 3.63) is 186 Å². The molecule has 0 fully saturated rings. The first-order valence-electron chi connectivity index (χ1n) is 16.2. The number of nitrogen functional groups attached to an aromatic ring is 1. The van der Waals surface area contributed by atoms with Gasteiger partial charge in [0.2, 0.25) is 0 Å². The predicted molar refractivity (Wildman–Crippen MR) is 201 cm³/mol. The fourth-order valence-corrected chi connectivity index (χ4v) is 12.7. The molecule has 2 aliphatic rings. The third kappa shape index (κ3) is 4.41. The number of amides is 2. The maximum atomic E-state index is 14.3. The van der Waals surface area contributed by atoms with Gasteiger partial charge in [-0.25, -0.2) is 0 Å². The molecule has 5 heteroatoms. The van der Waals surface area contributed by atoms with Crippen LogP contribution in [0.15, 0.2) is 158 Å². The van der Waals surface area contributed by atoms with Gasteiger partial charge >= 0.3 is 259 Å². The number of carbonyl (C=O) groups excluding carboxylic acids is 2. The number of rotatable bonds is 6. The molecule has 1 atom stereocenters. The van der Waals surface area contributed by atoms with Crippen molar-refractivity contribution < 1.29 is 9.59 Å². The summed E-state index contributed by atoms with van der Waals surface area (Å²) in [5.74, 6) is -0.614. The van der Waals surface area contributed by atoms with Gasteiger partial charge in [-0.2, -0.15) is 0 Å². The van der Waals surface area contributed by atoms with E-state index in [9.17, 15) is 9.59 Å². The second-order valence-corrected chi connectivity index (χ2v) is 16.8. The number of nitrogens with zero attached hydrogens (tertiary/aromatic N) is 1. The number of hydrogen-bond donors (Lipinski definition) is 1. The number of nitrogens with two attached hydrogens (primary N) is 1. The van der Waals surface area contributed by atoms with Gasteiger partial charge in [0.1, 0.15) is 0 Å². The van der Waals surface area contributed by atoms with Crippen LogP contribution >= 0.6 is 7.26 Å². The van der Waals surface area contributed by atoms with Crippen LogP contribution < -0.4 is 31.9 Å². The number of hydrogen-bond acceptors (Lipinski definition) is 3. The van der Waals surface area contributed by atoms with Crippen LogP contribution in [-0.2, 0) is 5.41 Å². The zero-order chi connectivity index (χ0) is 33.0. The van der Waals surface area contributed by atoms with E-state index < -0.39 is 7.26 Å². The average Bonchev–Trinajstić information content (AvgIpc) is 3.54. The van der Waals surface area contributed by atoms with Crippen molar-refractivity contribution in [3.63, 3.8) is 0 Å². The molecule has 234 valence electrons. The van der Waals surface area contributed by atoms with Crippen molar-refractivity contribution in [1.82, 2.24) is 0 Å². The molecule has 0 saturated heterocycles. The zero-order valence-corrected chi connectivity index (χ0v) is 27.7. The van der Waals surface area contributed by atoms with Crippen molar-refractivity contribution >= 4 is 57.2 Å². The Balaban J connectivity index is 1.24. The summed E-state index contributed by atoms with van der Waals surface area (Å²) in [5, 5.41) is 4.67. The van der Waals surface area contributed by atoms with E-state index >= 15 is 0 Å². The monoisotopic (exact) mass is 642 g/mol. The number of fused-ring (bicyclic) bond motifs is 2. The van der Waals surface area contributed by atoms with Gasteiger partial charge in [0.15, 0.2) is 0 Å². The van der Waals surface area contributed by atoms with E-state index in [1.54, 1.807) is 0 Å². The van der Waals surface area contributed by atoms with Crippen LogP contribution in [0.5, 0.6) is 0 Å². The third-order valence-electron chi connectivity index (χ3n) is 10.3. The van der Waals surface area contributed by atoms with E-state index in [0.717, 1.165) is 39.7 Å². The normalized spacial score (nSPS) is 17.4. The van der Waals surface area contributed by atoms with Crippen LogP contribution in [-0.4, -0.2) is 11.8 Å². The van der Waals surface area contributed by atoms with E-state index in [0.29, 0.717) is 16.8 Å². The second-order valence-electron chi connectivity index (χ2n) is 13.0. The molecule has 4 nitrogen and oxygen atoms in total. The van der Waals surface area contributed by atoms with Crippen molar-refractivity contribution in [2.45, 2.75) is 18.8 Å². The van der Waals surface area contributed by atoms with Crippen LogP contribution in [0.1, 0.15) is 50.8 Å². The van der Waals surface area contributed by atoms with Crippen LogP contribution in [0.2, 0.25) is 0 Å². The minimum absolute atomic E-state index is 0.282. The molecule has 1 unspecified atom stereocenters. The molecule has 6 aromatic carbocycles. The van der Waals surface area contributed by atoms with Crippen LogP contribution in [0, 0.1) is 0 Å². The summed E-state index contributed by atoms with van der Waals surface area (Å²) in [6.07, 6.45) is 0.742. The zero-order valence-electron chi connectivity index (χ0n) is 26.7. The van der Waals surface area contributed by atoms with Gasteiger partial charge in [0, 0.05) is 5.69 Å². The van der Waals surface area contributed by atoms with Crippen LogP contribution in [0.4, 0.5) is 11.4 Å². The molecular weight excluding hydrogens is 607 g/mol. The molecular formula is C43H35N2O2P. The number of benzene rings is 6. The summed E-state index contributed by atoms with van der Waals surface area (Å²) in [6, 6.07) is 51.5. The Kier molecular flexibility index (Phi) is 7.01. The molecule has 2 amide bonds. The predicted octanol–water partition coefficient (Wildman–Crippen LogP) is 7.14. The Hall–Kier alpha value is -5.57. The quantitative estimate of drug-likeness (QED) is 0.119. The summed E-state index contributed by atoms with van der Waals surface area (Å²) < 4.78 is 0. The van der Waals surface area contributed by atoms with E-state index in [1.165, 1.54) is 20.8 Å². The van der Waals surface area contributed by atoms with E-state index in [-0.39, 0.29) is 17.2 Å². The number of imide groups is 1. The van der Waals surface area contributed by atoms with E-state index in [4.69, 9.17) is 5.73 Å². The molecule has 1 aliphatic carbocycles. The second kappa shape index (κ2) is 11.3. The number of allylic oxidation sites excluding steroid dienone is 1. The van der Waals surface area contributed by atoms with Gasteiger partial charge in [-0.05, 0) is 12.1 Å². The molecule has 0 radical (unpaired) electrons. The molecule has 0 bridgehead atoms. The first kappa shape index (κ1) is 29.8. The Bertz CT molecular complexity index is 2130. The first-order valence-corrected chi connectivity index (χ1v) is 18.2. The van der Waals surface area contributed by atoms with Gasteiger partial charge in [0.25, 0.3) is 0 Å². The fourth-order valence-electron chi connectivity index (χ4n) is 7.94. The van der Waals surface area contributed by atoms with Crippen molar-refractivity contribution in [1.29, 1.82) is 0 Å². The van der Waals surface area contributed by atoms with Gasteiger partial charge in [-0.1, -0.05) is 0 Å². The molecule has 1 heterocycles. The molecule has 48 heavy (non-hydrogen) atoms. The average molecular weight is 643 g/mol. The van der Waals surface area contributed by atoms with Crippen molar-refractivity contribution in [2.24, 2.45) is 0 Å². The van der Waals surface area contributed by atoms with Crippen molar-refractivity contribution in [3.8, 4) is 0 Å². The Morgan fingerprint density at radius 2 is 1.15 bits per heavy atom. The molecule has 6 aromatic rings. The first-order chi connectivity index (χ1) is 23.3. The third-order valence-corrected chi connectivity index (χ3v) is 15.1. The van der Waals surface area contributed by atoms with Crippen molar-refractivity contribution in [2.75, 3.05) is 10.6 Å². The van der Waals surface area contributed by atoms with Gasteiger partial charge in [-0.3, -0.25) is 0 Å². The van der Waals surface area contributed by atoms with Crippen LogP contribution in [0.25, 0.3) is 5.57 Å². The Labute approximate surface area is 281 Å². The summed E-state index contributed by atoms with van der Waals surface area (Å²) in [7, 11) is -2.87. The topological polar surface area (TPSA) is 63.4 Å². The standard InChI is InChI=1S/C43H35N2O2P/c1-29-28-43(2,30-18-20-31(44)21-19-30)40-25-22-32(26-38(29)40)45-41(46)37-24-23-36(27-39(37)42(45)47)48(33-12-6-3-7-13-33,34-14-8-4-9-15-34)35-16-10-5-11-17-35/h3-27,48H,1,28,44H2,2H3. The molecule has 1 aliphatic heterocycles. The molecule has 0 saturated carbocycles. The van der Waals surface area contributed by atoms with E-state index in [1.807, 2.05) is 60.7 Å². The van der Waals surface area contributed by atoms with Gasteiger partial charge in [0.05, 0.1) is 0 Å². The Morgan fingerprint density at radius 1 is 0.604 bits per heavy atom. The summed E-state index contributed by atoms with van der Waals surface area (Å²) in [6.45, 7) is 6.61. The van der Waals surface area contributed by atoms with Gasteiger partial charge < -0.3 is 5.73 Å². The minimum atomic E-state index is -2.87. The number of carbonyl (C=O) groups is 2. The fraction of sp³-hybridized carbons (Fsp3) is 0.0698. The molecule has 8 rings (SSSR count). The summed E-state index contributed by atoms with van der Waals surface area (Å²) in [4.78, 5) is 29.7.